The highest BCUT2D eigenvalue weighted by Gasteiger charge is 2.26. The molecule has 0 N–H and O–H groups in total. The molecule has 0 aromatic heterocycles. The fourth-order valence-electron chi connectivity index (χ4n) is 3.90. The summed E-state index contributed by atoms with van der Waals surface area (Å²) in [6, 6.07) is 0. The van der Waals surface area contributed by atoms with Crippen molar-refractivity contribution in [2.24, 2.45) is 17.8 Å². The molecule has 2 rings (SSSR count). The summed E-state index contributed by atoms with van der Waals surface area (Å²) in [4.78, 5) is 16.7. The van der Waals surface area contributed by atoms with E-state index in [2.05, 4.69) is 30.6 Å². The molecular weight excluding hydrogens is 284 g/mol. The van der Waals surface area contributed by atoms with Crippen LogP contribution < -0.4 is 0 Å². The highest BCUT2D eigenvalue weighted by molar-refractivity contribution is 5.76. The summed E-state index contributed by atoms with van der Waals surface area (Å²) in [5.74, 6) is 2.97. The van der Waals surface area contributed by atoms with E-state index in [0.717, 1.165) is 43.7 Å². The first-order valence-corrected chi connectivity index (χ1v) is 10.1. The quantitative estimate of drug-likeness (QED) is 0.747. The summed E-state index contributed by atoms with van der Waals surface area (Å²) >= 11 is 0. The second-order valence-corrected chi connectivity index (χ2v) is 7.46. The fourth-order valence-corrected chi connectivity index (χ4v) is 3.90. The van der Waals surface area contributed by atoms with Crippen LogP contribution in [0.3, 0.4) is 0 Å². The number of carbonyl (C=O) groups excluding carboxylic acids is 1. The molecule has 1 amide bonds. The van der Waals surface area contributed by atoms with Crippen LogP contribution in [0, 0.1) is 17.8 Å². The first kappa shape index (κ1) is 20.5. The van der Waals surface area contributed by atoms with Crippen molar-refractivity contribution in [3.8, 4) is 0 Å². The number of piperidine rings is 2. The van der Waals surface area contributed by atoms with E-state index in [0.29, 0.717) is 5.91 Å². The molecule has 2 aliphatic heterocycles. The molecule has 2 saturated heterocycles. The van der Waals surface area contributed by atoms with Crippen molar-refractivity contribution >= 4 is 5.91 Å². The molecule has 0 aromatic carbocycles. The largest absolute Gasteiger partial charge is 0.343 e. The van der Waals surface area contributed by atoms with Gasteiger partial charge in [-0.15, -0.1) is 0 Å². The number of hydrogen-bond acceptors (Lipinski definition) is 2. The van der Waals surface area contributed by atoms with Gasteiger partial charge in [-0.25, -0.2) is 0 Å². The van der Waals surface area contributed by atoms with Crippen LogP contribution in [0.5, 0.6) is 0 Å². The monoisotopic (exact) mass is 324 g/mol. The van der Waals surface area contributed by atoms with Crippen LogP contribution in [-0.4, -0.2) is 48.4 Å². The Morgan fingerprint density at radius 3 is 2.04 bits per heavy atom. The Morgan fingerprint density at radius 2 is 1.57 bits per heavy atom. The van der Waals surface area contributed by atoms with Crippen LogP contribution in [0.25, 0.3) is 0 Å². The number of likely N-dealkylation sites (tertiary alicyclic amines) is 2. The maximum absolute atomic E-state index is 11.9. The number of amides is 1. The molecule has 2 fully saturated rings. The molecule has 0 saturated carbocycles. The van der Waals surface area contributed by atoms with Crippen LogP contribution in [0.15, 0.2) is 0 Å². The van der Waals surface area contributed by atoms with E-state index in [1.54, 1.807) is 0 Å². The second kappa shape index (κ2) is 11.1. The number of hydrogen-bond donors (Lipinski definition) is 0. The van der Waals surface area contributed by atoms with Crippen molar-refractivity contribution in [3.05, 3.63) is 0 Å². The summed E-state index contributed by atoms with van der Waals surface area (Å²) in [7, 11) is 0. The summed E-state index contributed by atoms with van der Waals surface area (Å²) in [6.45, 7) is 16.6. The molecule has 2 aliphatic rings. The zero-order chi connectivity index (χ0) is 17.2. The van der Waals surface area contributed by atoms with Crippen molar-refractivity contribution in [1.82, 2.24) is 9.80 Å². The van der Waals surface area contributed by atoms with Crippen LogP contribution in [0.2, 0.25) is 0 Å². The third kappa shape index (κ3) is 6.82. The minimum Gasteiger partial charge on any atom is -0.343 e. The zero-order valence-corrected chi connectivity index (χ0v) is 16.3. The van der Waals surface area contributed by atoms with Crippen LogP contribution >= 0.6 is 0 Å². The maximum Gasteiger partial charge on any atom is 0.222 e. The van der Waals surface area contributed by atoms with Gasteiger partial charge >= 0.3 is 0 Å². The Kier molecular flexibility index (Phi) is 9.85. The van der Waals surface area contributed by atoms with E-state index in [9.17, 15) is 4.79 Å². The van der Waals surface area contributed by atoms with Gasteiger partial charge in [0.1, 0.15) is 0 Å². The lowest BCUT2D eigenvalue weighted by Gasteiger charge is -2.38. The molecule has 3 nitrogen and oxygen atoms in total. The predicted octanol–water partition coefficient (Wildman–Crippen LogP) is 4.42. The third-order valence-electron chi connectivity index (χ3n) is 5.52. The Balaban J connectivity index is 0.00000127. The lowest BCUT2D eigenvalue weighted by molar-refractivity contribution is -0.132. The minimum atomic E-state index is 0.369. The molecule has 2 heterocycles. The number of rotatable bonds is 5. The van der Waals surface area contributed by atoms with Gasteiger partial charge in [-0.1, -0.05) is 34.6 Å². The molecule has 23 heavy (non-hydrogen) atoms. The lowest BCUT2D eigenvalue weighted by atomic mass is 9.86. The van der Waals surface area contributed by atoms with Crippen molar-refractivity contribution in [2.45, 2.75) is 73.1 Å². The second-order valence-electron chi connectivity index (χ2n) is 7.46. The Labute approximate surface area is 144 Å². The SMILES string of the molecule is CC.CCCC(=O)N1CCC(CN2CCC(C(C)C)CC2)CC1. The molecule has 0 spiro atoms. The molecule has 0 bridgehead atoms. The third-order valence-corrected chi connectivity index (χ3v) is 5.52. The Bertz CT molecular complexity index is 314. The average molecular weight is 325 g/mol. The van der Waals surface area contributed by atoms with Gasteiger partial charge in [0.15, 0.2) is 0 Å². The first-order valence-electron chi connectivity index (χ1n) is 10.1. The molecule has 0 atom stereocenters. The number of nitrogens with zero attached hydrogens (tertiary/aromatic N) is 2. The van der Waals surface area contributed by atoms with E-state index >= 15 is 0 Å². The fraction of sp³-hybridized carbons (Fsp3) is 0.950. The van der Waals surface area contributed by atoms with Crippen molar-refractivity contribution in [2.75, 3.05) is 32.7 Å². The van der Waals surface area contributed by atoms with Crippen LogP contribution in [0.1, 0.15) is 73.1 Å². The normalized spacial score (nSPS) is 21.2. The molecule has 0 aromatic rings. The van der Waals surface area contributed by atoms with Gasteiger partial charge in [-0.3, -0.25) is 4.79 Å². The zero-order valence-electron chi connectivity index (χ0n) is 16.3. The number of carbonyl (C=O) groups is 1. The first-order chi connectivity index (χ1) is 11.1. The van der Waals surface area contributed by atoms with Gasteiger partial charge in [0, 0.05) is 26.1 Å². The lowest BCUT2D eigenvalue weighted by Crippen LogP contribution is -2.43. The standard InChI is InChI=1S/C18H34N2O.C2H6/c1-4-5-18(21)20-12-6-16(7-13-20)14-19-10-8-17(9-11-19)15(2)3;1-2/h15-17H,4-14H2,1-3H3;1-2H3. The summed E-state index contributed by atoms with van der Waals surface area (Å²) < 4.78 is 0. The molecule has 0 aliphatic carbocycles. The molecule has 0 unspecified atom stereocenters. The molecule has 3 heteroatoms. The van der Waals surface area contributed by atoms with Gasteiger partial charge < -0.3 is 9.80 Å². The molecular formula is C20H40N2O. The van der Waals surface area contributed by atoms with E-state index in [-0.39, 0.29) is 0 Å². The average Bonchev–Trinajstić information content (AvgIpc) is 2.58. The Hall–Kier alpha value is -0.570. The van der Waals surface area contributed by atoms with Crippen molar-refractivity contribution in [3.63, 3.8) is 0 Å². The maximum atomic E-state index is 11.9. The van der Waals surface area contributed by atoms with Gasteiger partial charge in [-0.2, -0.15) is 0 Å². The van der Waals surface area contributed by atoms with Gasteiger partial charge in [0.05, 0.1) is 0 Å². The van der Waals surface area contributed by atoms with E-state index in [4.69, 9.17) is 0 Å². The van der Waals surface area contributed by atoms with Gasteiger partial charge in [0.25, 0.3) is 0 Å². The van der Waals surface area contributed by atoms with E-state index in [1.807, 2.05) is 13.8 Å². The highest BCUT2D eigenvalue weighted by Crippen LogP contribution is 2.26. The summed E-state index contributed by atoms with van der Waals surface area (Å²) in [6.07, 6.45) is 6.88. The van der Waals surface area contributed by atoms with Crippen LogP contribution in [0.4, 0.5) is 0 Å². The van der Waals surface area contributed by atoms with Gasteiger partial charge in [0.2, 0.25) is 5.91 Å². The van der Waals surface area contributed by atoms with Crippen molar-refractivity contribution in [1.29, 1.82) is 0 Å². The van der Waals surface area contributed by atoms with E-state index in [1.165, 1.54) is 45.3 Å². The van der Waals surface area contributed by atoms with Crippen LogP contribution in [-0.2, 0) is 4.79 Å². The topological polar surface area (TPSA) is 23.6 Å². The van der Waals surface area contributed by atoms with Gasteiger partial charge in [-0.05, 0) is 62.9 Å². The summed E-state index contributed by atoms with van der Waals surface area (Å²) in [5, 5.41) is 0. The molecule has 136 valence electrons. The predicted molar refractivity (Wildman–Crippen MR) is 99.6 cm³/mol. The van der Waals surface area contributed by atoms with Crippen molar-refractivity contribution < 1.29 is 4.79 Å². The highest BCUT2D eigenvalue weighted by atomic mass is 16.2. The summed E-state index contributed by atoms with van der Waals surface area (Å²) in [5.41, 5.74) is 0. The molecule has 0 radical (unpaired) electrons. The smallest absolute Gasteiger partial charge is 0.222 e. The Morgan fingerprint density at radius 1 is 1.00 bits per heavy atom. The van der Waals surface area contributed by atoms with E-state index < -0.39 is 0 Å². The minimum absolute atomic E-state index is 0.369.